The summed E-state index contributed by atoms with van der Waals surface area (Å²) in [6, 6.07) is 7.55. The van der Waals surface area contributed by atoms with Crippen LogP contribution in [-0.4, -0.2) is 22.6 Å². The molecule has 1 aliphatic rings. The highest BCUT2D eigenvalue weighted by atomic mass is 35.5. The quantitative estimate of drug-likeness (QED) is 0.627. The van der Waals surface area contributed by atoms with Crippen LogP contribution in [0.25, 0.3) is 11.0 Å². The van der Waals surface area contributed by atoms with Gasteiger partial charge in [0, 0.05) is 18.4 Å². The summed E-state index contributed by atoms with van der Waals surface area (Å²) in [5, 5.41) is 9.00. The Balaban J connectivity index is 2.06. The number of imidazole rings is 1. The van der Waals surface area contributed by atoms with Crippen LogP contribution in [-0.2, 0) is 17.2 Å². The summed E-state index contributed by atoms with van der Waals surface area (Å²) in [7, 11) is 1.36. The van der Waals surface area contributed by atoms with Gasteiger partial charge in [0.25, 0.3) is 0 Å². The number of esters is 1. The molecule has 5 nitrogen and oxygen atoms in total. The topological polar surface area (TPSA) is 67.9 Å². The highest BCUT2D eigenvalue weighted by Gasteiger charge is 2.43. The molecule has 6 heteroatoms. The van der Waals surface area contributed by atoms with Crippen molar-refractivity contribution in [2.24, 2.45) is 5.41 Å². The van der Waals surface area contributed by atoms with Crippen LogP contribution in [0.4, 0.5) is 0 Å². The number of methoxy groups -OCH3 is 1. The van der Waals surface area contributed by atoms with Gasteiger partial charge in [0.1, 0.15) is 5.82 Å². The Morgan fingerprint density at radius 3 is 2.91 bits per heavy atom. The number of carbonyl (C=O) groups is 1. The zero-order valence-electron chi connectivity index (χ0n) is 12.3. The first-order valence-corrected chi connectivity index (χ1v) is 7.66. The van der Waals surface area contributed by atoms with Crippen molar-refractivity contribution < 1.29 is 9.53 Å². The van der Waals surface area contributed by atoms with Gasteiger partial charge in [-0.1, -0.05) is 0 Å². The zero-order chi connectivity index (χ0) is 15.7. The standard InChI is InChI=1S/C16H16ClN3O2/c1-22-15(21)11-2-3-12-13(8-11)20(14(9-17)19-12)10-16(4-5-16)6-7-18/h2-3,8H,4-6,9-10H2,1H3. The smallest absolute Gasteiger partial charge is 0.337 e. The third-order valence-electron chi connectivity index (χ3n) is 4.27. The number of hydrogen-bond donors (Lipinski definition) is 0. The lowest BCUT2D eigenvalue weighted by atomic mass is 10.0. The first kappa shape index (κ1) is 14.9. The molecule has 0 amide bonds. The van der Waals surface area contributed by atoms with Gasteiger partial charge in [0.05, 0.1) is 35.7 Å². The largest absolute Gasteiger partial charge is 0.465 e. The van der Waals surface area contributed by atoms with Gasteiger partial charge in [-0.3, -0.25) is 0 Å². The van der Waals surface area contributed by atoms with E-state index in [0.717, 1.165) is 29.7 Å². The lowest BCUT2D eigenvalue weighted by Gasteiger charge is -2.15. The minimum absolute atomic E-state index is 0.0322. The molecule has 0 saturated heterocycles. The van der Waals surface area contributed by atoms with Gasteiger partial charge in [0.15, 0.2) is 0 Å². The Kier molecular flexibility index (Phi) is 3.79. The molecule has 0 N–H and O–H groups in total. The molecule has 22 heavy (non-hydrogen) atoms. The van der Waals surface area contributed by atoms with E-state index in [0.29, 0.717) is 24.4 Å². The van der Waals surface area contributed by atoms with E-state index in [9.17, 15) is 4.79 Å². The van der Waals surface area contributed by atoms with Crippen LogP contribution >= 0.6 is 11.6 Å². The monoisotopic (exact) mass is 317 g/mol. The van der Waals surface area contributed by atoms with E-state index in [1.165, 1.54) is 7.11 Å². The SMILES string of the molecule is COC(=O)c1ccc2nc(CCl)n(CC3(CC#N)CC3)c2c1. The second-order valence-corrected chi connectivity index (χ2v) is 6.05. The average molecular weight is 318 g/mol. The third-order valence-corrected chi connectivity index (χ3v) is 4.51. The maximum atomic E-state index is 11.7. The van der Waals surface area contributed by atoms with Crippen LogP contribution in [0.5, 0.6) is 0 Å². The number of fused-ring (bicyclic) bond motifs is 1. The molecule has 2 aromatic rings. The van der Waals surface area contributed by atoms with E-state index in [2.05, 4.69) is 11.1 Å². The Morgan fingerprint density at radius 1 is 1.55 bits per heavy atom. The normalized spacial score (nSPS) is 15.5. The molecule has 3 rings (SSSR count). The van der Waals surface area contributed by atoms with Gasteiger partial charge in [0.2, 0.25) is 0 Å². The molecule has 0 unspecified atom stereocenters. The summed E-state index contributed by atoms with van der Waals surface area (Å²) in [5.74, 6) is 0.688. The van der Waals surface area contributed by atoms with Crippen LogP contribution in [0.15, 0.2) is 18.2 Å². The second-order valence-electron chi connectivity index (χ2n) is 5.78. The second kappa shape index (κ2) is 5.62. The highest BCUT2D eigenvalue weighted by molar-refractivity contribution is 6.16. The van der Waals surface area contributed by atoms with E-state index in [4.69, 9.17) is 21.6 Å². The number of halogens is 1. The summed E-state index contributed by atoms with van der Waals surface area (Å²) in [6.45, 7) is 0.712. The molecule has 1 saturated carbocycles. The number of nitrogens with zero attached hydrogens (tertiary/aromatic N) is 3. The number of benzene rings is 1. The molecular formula is C16H16ClN3O2. The number of nitriles is 1. The molecule has 0 bridgehead atoms. The van der Waals surface area contributed by atoms with Crippen molar-refractivity contribution in [1.29, 1.82) is 5.26 Å². The predicted molar refractivity (Wildman–Crippen MR) is 82.5 cm³/mol. The van der Waals surface area contributed by atoms with Crippen molar-refractivity contribution in [3.05, 3.63) is 29.6 Å². The molecule has 1 heterocycles. The first-order valence-electron chi connectivity index (χ1n) is 7.13. The number of ether oxygens (including phenoxy) is 1. The maximum Gasteiger partial charge on any atom is 0.337 e. The van der Waals surface area contributed by atoms with Gasteiger partial charge in [-0.05, 0) is 31.0 Å². The number of aromatic nitrogens is 2. The van der Waals surface area contributed by atoms with Crippen molar-refractivity contribution in [3.63, 3.8) is 0 Å². The van der Waals surface area contributed by atoms with Crippen molar-refractivity contribution in [2.75, 3.05) is 7.11 Å². The molecule has 1 aliphatic carbocycles. The summed E-state index contributed by atoms with van der Waals surface area (Å²) in [4.78, 5) is 16.2. The van der Waals surface area contributed by atoms with E-state index in [-0.39, 0.29) is 11.4 Å². The van der Waals surface area contributed by atoms with E-state index in [1.54, 1.807) is 18.2 Å². The molecule has 0 spiro atoms. The van der Waals surface area contributed by atoms with Gasteiger partial charge in [-0.15, -0.1) is 11.6 Å². The van der Waals surface area contributed by atoms with Crippen LogP contribution in [0.1, 0.15) is 35.4 Å². The lowest BCUT2D eigenvalue weighted by molar-refractivity contribution is 0.0601. The third kappa shape index (κ3) is 2.55. The van der Waals surface area contributed by atoms with Crippen molar-refractivity contribution in [2.45, 2.75) is 31.7 Å². The molecule has 1 aromatic carbocycles. The molecule has 114 valence electrons. The summed E-state index contributed by atoms with van der Waals surface area (Å²) >= 11 is 6.02. The maximum absolute atomic E-state index is 11.7. The van der Waals surface area contributed by atoms with Gasteiger partial charge in [-0.2, -0.15) is 5.26 Å². The minimum atomic E-state index is -0.375. The summed E-state index contributed by atoms with van der Waals surface area (Å²) < 4.78 is 6.81. The fraction of sp³-hybridized carbons (Fsp3) is 0.438. The molecule has 0 aliphatic heterocycles. The Labute approximate surface area is 133 Å². The van der Waals surface area contributed by atoms with Crippen LogP contribution < -0.4 is 0 Å². The van der Waals surface area contributed by atoms with Crippen molar-refractivity contribution in [1.82, 2.24) is 9.55 Å². The Hall–Kier alpha value is -2.06. The molecule has 1 fully saturated rings. The van der Waals surface area contributed by atoms with E-state index < -0.39 is 0 Å². The van der Waals surface area contributed by atoms with Crippen LogP contribution in [0.3, 0.4) is 0 Å². The summed E-state index contributed by atoms with van der Waals surface area (Å²) in [5.41, 5.74) is 2.19. The fourth-order valence-electron chi connectivity index (χ4n) is 2.77. The average Bonchev–Trinajstić information content (AvgIpc) is 3.21. The minimum Gasteiger partial charge on any atom is -0.465 e. The number of rotatable bonds is 5. The van der Waals surface area contributed by atoms with E-state index >= 15 is 0 Å². The number of hydrogen-bond acceptors (Lipinski definition) is 4. The fourth-order valence-corrected chi connectivity index (χ4v) is 2.97. The molecule has 1 aromatic heterocycles. The van der Waals surface area contributed by atoms with Crippen LogP contribution in [0.2, 0.25) is 0 Å². The summed E-state index contributed by atoms with van der Waals surface area (Å²) in [6.07, 6.45) is 2.61. The van der Waals surface area contributed by atoms with E-state index in [1.807, 2.05) is 4.57 Å². The first-order chi connectivity index (χ1) is 10.6. The lowest BCUT2D eigenvalue weighted by Crippen LogP contribution is -2.13. The van der Waals surface area contributed by atoms with Gasteiger partial charge < -0.3 is 9.30 Å². The van der Waals surface area contributed by atoms with Gasteiger partial charge in [-0.25, -0.2) is 9.78 Å². The van der Waals surface area contributed by atoms with Gasteiger partial charge >= 0.3 is 5.97 Å². The number of alkyl halides is 1. The van der Waals surface area contributed by atoms with Crippen molar-refractivity contribution in [3.8, 4) is 6.07 Å². The van der Waals surface area contributed by atoms with Crippen LogP contribution in [0, 0.1) is 16.7 Å². The number of carbonyl (C=O) groups excluding carboxylic acids is 1. The molecular weight excluding hydrogens is 302 g/mol. The zero-order valence-corrected chi connectivity index (χ0v) is 13.1. The highest BCUT2D eigenvalue weighted by Crippen LogP contribution is 2.50. The predicted octanol–water partition coefficient (Wildman–Crippen LogP) is 3.26. The molecule has 0 atom stereocenters. The van der Waals surface area contributed by atoms with Crippen molar-refractivity contribution >= 4 is 28.6 Å². The Bertz CT molecular complexity index is 772. The Morgan fingerprint density at radius 2 is 2.32 bits per heavy atom. The molecule has 0 radical (unpaired) electrons.